The number of benzene rings is 2. The second kappa shape index (κ2) is 11.5. The van der Waals surface area contributed by atoms with Crippen LogP contribution in [0.1, 0.15) is 64.2 Å². The van der Waals surface area contributed by atoms with Crippen LogP contribution >= 0.6 is 0 Å². The zero-order valence-electron chi connectivity index (χ0n) is 20.0. The van der Waals surface area contributed by atoms with Crippen molar-refractivity contribution < 1.29 is 30.0 Å². The molecule has 36 heavy (non-hydrogen) atoms. The van der Waals surface area contributed by atoms with Crippen LogP contribution in [0.3, 0.4) is 0 Å². The van der Waals surface area contributed by atoms with Crippen LogP contribution in [0, 0.1) is 0 Å². The molecule has 9 nitrogen and oxygen atoms in total. The molecule has 2 aromatic rings. The molecule has 0 spiro atoms. The minimum atomic E-state index is -3.83. The molecule has 0 radical (unpaired) electrons. The highest BCUT2D eigenvalue weighted by atomic mass is 32.2. The molecule has 0 atom stereocenters. The van der Waals surface area contributed by atoms with Gasteiger partial charge >= 0.3 is 26.3 Å². The average molecular weight is 537 g/mol. The number of urea groups is 1. The van der Waals surface area contributed by atoms with Gasteiger partial charge in [-0.05, 0) is 49.9 Å². The second-order valence-corrected chi connectivity index (χ2v) is 12.9. The molecule has 0 aromatic heterocycles. The van der Waals surface area contributed by atoms with Crippen LogP contribution in [0.2, 0.25) is 0 Å². The number of nitrogens with one attached hydrogen (secondary N) is 2. The van der Waals surface area contributed by atoms with E-state index in [2.05, 4.69) is 10.6 Å². The largest absolute Gasteiger partial charge is 0.382 e. The molecule has 4 rings (SSSR count). The van der Waals surface area contributed by atoms with Gasteiger partial charge < -0.3 is 19.0 Å². The second-order valence-electron chi connectivity index (χ2n) is 9.28. The van der Waals surface area contributed by atoms with Gasteiger partial charge in [-0.1, -0.05) is 56.7 Å². The molecule has 2 aromatic carbocycles. The number of amides is 2. The molecule has 0 aliphatic heterocycles. The quantitative estimate of drug-likeness (QED) is 0.432. The number of carbonyl (C=O) groups is 1. The molecule has 0 heterocycles. The maximum Gasteiger partial charge on any atom is 0.323 e. The molecular formula is C25H32N2O7S2. The molecule has 2 aliphatic rings. The van der Waals surface area contributed by atoms with Crippen molar-refractivity contribution in [2.24, 2.45) is 0 Å². The molecule has 196 valence electrons. The van der Waals surface area contributed by atoms with Crippen molar-refractivity contribution >= 4 is 37.6 Å². The van der Waals surface area contributed by atoms with Gasteiger partial charge in [0.25, 0.3) is 0 Å². The lowest BCUT2D eigenvalue weighted by Crippen LogP contribution is -2.28. The fourth-order valence-electron chi connectivity index (χ4n) is 4.66. The minimum Gasteiger partial charge on any atom is -0.382 e. The summed E-state index contributed by atoms with van der Waals surface area (Å²) in [6.07, 6.45) is 7.76. The third-order valence-corrected chi connectivity index (χ3v) is 9.98. The SMILES string of the molecule is O=C(Nc1cccc(OS(=O)(=O)C2CCCCC2)c1)Nc1ccccc1OS(=O)(=O)C1CCCCC1. The van der Waals surface area contributed by atoms with Gasteiger partial charge in [-0.3, -0.25) is 0 Å². The third kappa shape index (κ3) is 6.91. The highest BCUT2D eigenvalue weighted by Gasteiger charge is 2.30. The first kappa shape index (κ1) is 26.3. The van der Waals surface area contributed by atoms with Crippen LogP contribution in [-0.4, -0.2) is 33.4 Å². The Bertz CT molecular complexity index is 1270. The summed E-state index contributed by atoms with van der Waals surface area (Å²) in [5.74, 6) is 0.148. The lowest BCUT2D eigenvalue weighted by Gasteiger charge is -2.22. The first-order chi connectivity index (χ1) is 17.2. The summed E-state index contributed by atoms with van der Waals surface area (Å²) in [4.78, 5) is 12.7. The van der Waals surface area contributed by atoms with Crippen LogP contribution in [0.4, 0.5) is 16.2 Å². The third-order valence-electron chi connectivity index (χ3n) is 6.57. The minimum absolute atomic E-state index is 0.0360. The van der Waals surface area contributed by atoms with Crippen LogP contribution < -0.4 is 19.0 Å². The summed E-state index contributed by atoms with van der Waals surface area (Å²) in [5.41, 5.74) is 0.513. The molecule has 2 aliphatic carbocycles. The first-order valence-electron chi connectivity index (χ1n) is 12.4. The number of para-hydroxylation sites is 2. The summed E-state index contributed by atoms with van der Waals surface area (Å²) in [6, 6.07) is 11.8. The molecular weight excluding hydrogens is 504 g/mol. The lowest BCUT2D eigenvalue weighted by molar-refractivity contribution is 0.262. The van der Waals surface area contributed by atoms with Crippen LogP contribution in [0.5, 0.6) is 11.5 Å². The Balaban J connectivity index is 1.40. The van der Waals surface area contributed by atoms with E-state index in [1.807, 2.05) is 0 Å². The van der Waals surface area contributed by atoms with Gasteiger partial charge in [0.1, 0.15) is 5.75 Å². The van der Waals surface area contributed by atoms with Crippen molar-refractivity contribution in [3.63, 3.8) is 0 Å². The van der Waals surface area contributed by atoms with E-state index in [4.69, 9.17) is 8.37 Å². The maximum atomic E-state index is 12.7. The van der Waals surface area contributed by atoms with E-state index in [1.165, 1.54) is 18.2 Å². The van der Waals surface area contributed by atoms with E-state index in [0.29, 0.717) is 31.4 Å². The van der Waals surface area contributed by atoms with E-state index in [1.54, 1.807) is 30.3 Å². The van der Waals surface area contributed by atoms with E-state index >= 15 is 0 Å². The van der Waals surface area contributed by atoms with Gasteiger partial charge in [0, 0.05) is 11.8 Å². The number of anilines is 2. The molecule has 2 fully saturated rings. The van der Waals surface area contributed by atoms with E-state index in [-0.39, 0.29) is 17.2 Å². The normalized spacial score (nSPS) is 17.8. The summed E-state index contributed by atoms with van der Waals surface area (Å²) in [7, 11) is -7.60. The van der Waals surface area contributed by atoms with Crippen LogP contribution in [-0.2, 0) is 20.2 Å². The first-order valence-corrected chi connectivity index (χ1v) is 15.3. The Morgan fingerprint density at radius 2 is 1.28 bits per heavy atom. The summed E-state index contributed by atoms with van der Waals surface area (Å²) in [5, 5.41) is 4.15. The van der Waals surface area contributed by atoms with Gasteiger partial charge in [-0.2, -0.15) is 16.8 Å². The van der Waals surface area contributed by atoms with Gasteiger partial charge in [0.2, 0.25) is 0 Å². The van der Waals surface area contributed by atoms with Crippen molar-refractivity contribution in [1.29, 1.82) is 0 Å². The van der Waals surface area contributed by atoms with Crippen molar-refractivity contribution in [3.05, 3.63) is 48.5 Å². The average Bonchev–Trinajstić information content (AvgIpc) is 2.86. The Labute approximate surface area is 212 Å². The maximum absolute atomic E-state index is 12.7. The van der Waals surface area contributed by atoms with Gasteiger partial charge in [0.05, 0.1) is 16.2 Å². The van der Waals surface area contributed by atoms with Gasteiger partial charge in [0.15, 0.2) is 5.75 Å². The highest BCUT2D eigenvalue weighted by molar-refractivity contribution is 7.88. The number of rotatable bonds is 8. The highest BCUT2D eigenvalue weighted by Crippen LogP contribution is 2.31. The molecule has 2 N–H and O–H groups in total. The smallest absolute Gasteiger partial charge is 0.323 e. The van der Waals surface area contributed by atoms with Crippen molar-refractivity contribution in [2.75, 3.05) is 10.6 Å². The lowest BCUT2D eigenvalue weighted by atomic mass is 10.0. The number of carbonyl (C=O) groups excluding carboxylic acids is 1. The van der Waals surface area contributed by atoms with E-state index in [9.17, 15) is 21.6 Å². The predicted molar refractivity (Wildman–Crippen MR) is 138 cm³/mol. The summed E-state index contributed by atoms with van der Waals surface area (Å²) < 4.78 is 61.4. The fourth-order valence-corrected chi connectivity index (χ4v) is 7.52. The van der Waals surface area contributed by atoms with Crippen LogP contribution in [0.15, 0.2) is 48.5 Å². The van der Waals surface area contributed by atoms with Crippen molar-refractivity contribution in [3.8, 4) is 11.5 Å². The molecule has 2 amide bonds. The van der Waals surface area contributed by atoms with E-state index in [0.717, 1.165) is 38.5 Å². The van der Waals surface area contributed by atoms with Crippen molar-refractivity contribution in [1.82, 2.24) is 0 Å². The Kier molecular flexibility index (Phi) is 8.40. The van der Waals surface area contributed by atoms with Gasteiger partial charge in [-0.15, -0.1) is 0 Å². The molecule has 0 saturated heterocycles. The monoisotopic (exact) mass is 536 g/mol. The topological polar surface area (TPSA) is 128 Å². The Morgan fingerprint density at radius 3 is 1.92 bits per heavy atom. The predicted octanol–water partition coefficient (Wildman–Crippen LogP) is 5.41. The summed E-state index contributed by atoms with van der Waals surface area (Å²) in [6.45, 7) is 0. The van der Waals surface area contributed by atoms with Crippen molar-refractivity contribution in [2.45, 2.75) is 74.7 Å². The van der Waals surface area contributed by atoms with Gasteiger partial charge in [-0.25, -0.2) is 4.79 Å². The molecule has 0 bridgehead atoms. The summed E-state index contributed by atoms with van der Waals surface area (Å²) >= 11 is 0. The molecule has 2 saturated carbocycles. The fraction of sp³-hybridized carbons (Fsp3) is 0.480. The molecule has 0 unspecified atom stereocenters. The zero-order valence-corrected chi connectivity index (χ0v) is 21.7. The Morgan fingerprint density at radius 1 is 0.694 bits per heavy atom. The van der Waals surface area contributed by atoms with E-state index < -0.39 is 36.8 Å². The zero-order chi connectivity index (χ0) is 25.6. The standard InChI is InChI=1S/C25H32N2O7S2/c28-25(26-19-10-9-11-20(18-19)33-35(29,30)21-12-3-1-4-13-21)27-23-16-7-8-17-24(23)34-36(31,32)22-14-5-2-6-15-22/h7-11,16-18,21-22H,1-6,12-15H2,(H2,26,27,28). The number of hydrogen-bond donors (Lipinski definition) is 2. The number of hydrogen-bond acceptors (Lipinski definition) is 7. The van der Waals surface area contributed by atoms with Crippen LogP contribution in [0.25, 0.3) is 0 Å². The Hall–Kier alpha value is -2.79. The molecule has 11 heteroatoms.